The maximum Gasteiger partial charge on any atom is 0.410 e. The minimum absolute atomic E-state index is 0.0901. The summed E-state index contributed by atoms with van der Waals surface area (Å²) in [6.45, 7) is 11.3. The van der Waals surface area contributed by atoms with Crippen LogP contribution in [0, 0.1) is 12.7 Å². The average molecular weight is 420 g/mol. The van der Waals surface area contributed by atoms with Gasteiger partial charge in [0.05, 0.1) is 24.4 Å². The highest BCUT2D eigenvalue weighted by Gasteiger charge is 2.36. The van der Waals surface area contributed by atoms with Crippen LogP contribution in [0.25, 0.3) is 5.52 Å². The minimum atomic E-state index is -0.903. The number of ether oxygens (including phenoxy) is 2. The number of rotatable bonds is 3. The molecule has 0 radical (unpaired) electrons. The number of hydrogen-bond donors (Lipinski definition) is 1. The molecule has 30 heavy (non-hydrogen) atoms. The van der Waals surface area contributed by atoms with Gasteiger partial charge >= 0.3 is 6.09 Å². The van der Waals surface area contributed by atoms with Crippen LogP contribution < -0.4 is 5.32 Å². The molecule has 1 aliphatic heterocycles. The molecular formula is C21H29FN4O4. The lowest BCUT2D eigenvalue weighted by Crippen LogP contribution is -2.55. The summed E-state index contributed by atoms with van der Waals surface area (Å²) in [6.07, 6.45) is 0.394. The Balaban J connectivity index is 1.75. The predicted molar refractivity (Wildman–Crippen MR) is 109 cm³/mol. The number of carbonyl (C=O) groups excluding carboxylic acids is 2. The number of pyridine rings is 1. The molecule has 0 bridgehead atoms. The highest BCUT2D eigenvalue weighted by atomic mass is 19.1. The van der Waals surface area contributed by atoms with Crippen molar-refractivity contribution in [3.05, 3.63) is 35.7 Å². The van der Waals surface area contributed by atoms with E-state index in [1.807, 2.05) is 0 Å². The van der Waals surface area contributed by atoms with Crippen molar-refractivity contribution < 1.29 is 23.5 Å². The Morgan fingerprint density at radius 2 is 2.00 bits per heavy atom. The first-order valence-electron chi connectivity index (χ1n) is 9.94. The highest BCUT2D eigenvalue weighted by Crippen LogP contribution is 2.25. The van der Waals surface area contributed by atoms with Crippen LogP contribution in [0.4, 0.5) is 9.18 Å². The number of carbonyl (C=O) groups is 2. The van der Waals surface area contributed by atoms with Gasteiger partial charge in [-0.3, -0.25) is 9.20 Å². The number of morpholine rings is 1. The Bertz CT molecular complexity index is 964. The van der Waals surface area contributed by atoms with E-state index in [4.69, 9.17) is 9.47 Å². The maximum absolute atomic E-state index is 14.2. The van der Waals surface area contributed by atoms with Crippen LogP contribution in [-0.4, -0.2) is 57.7 Å². The van der Waals surface area contributed by atoms with Crippen molar-refractivity contribution >= 4 is 17.5 Å². The van der Waals surface area contributed by atoms with Crippen LogP contribution in [-0.2, 0) is 19.8 Å². The van der Waals surface area contributed by atoms with Gasteiger partial charge in [0.25, 0.3) is 5.91 Å². The van der Waals surface area contributed by atoms with Crippen molar-refractivity contribution in [1.82, 2.24) is 19.6 Å². The third-order valence-corrected chi connectivity index (χ3v) is 4.79. The molecule has 2 amide bonds. The molecular weight excluding hydrogens is 391 g/mol. The molecule has 1 N–H and O–H groups in total. The van der Waals surface area contributed by atoms with E-state index in [0.717, 1.165) is 0 Å². The van der Waals surface area contributed by atoms with Crippen molar-refractivity contribution in [2.24, 2.45) is 0 Å². The number of imidazole rings is 1. The standard InChI is InChI=1S/C21H29FN4O4/c1-13-16-14(22)8-7-9-26(16)18(23-13)21(5,6)24-17(27)15-12-25(10-11-29-15)19(28)30-20(2,3)4/h7-9,15H,10-12H2,1-6H3,(H,24,27)/t15-/m0/s1. The molecule has 3 heterocycles. The molecule has 2 aromatic rings. The lowest BCUT2D eigenvalue weighted by atomic mass is 10.0. The van der Waals surface area contributed by atoms with Crippen LogP contribution in [0.5, 0.6) is 0 Å². The number of aryl methyl sites for hydroxylation is 1. The van der Waals surface area contributed by atoms with E-state index in [1.165, 1.54) is 11.0 Å². The molecule has 2 aromatic heterocycles. The van der Waals surface area contributed by atoms with E-state index in [1.54, 1.807) is 58.2 Å². The maximum atomic E-state index is 14.2. The molecule has 0 saturated carbocycles. The van der Waals surface area contributed by atoms with Crippen LogP contribution >= 0.6 is 0 Å². The number of nitrogens with zero attached hydrogens (tertiary/aromatic N) is 3. The first-order valence-corrected chi connectivity index (χ1v) is 9.94. The largest absolute Gasteiger partial charge is 0.444 e. The molecule has 164 valence electrons. The predicted octanol–water partition coefficient (Wildman–Crippen LogP) is 2.77. The summed E-state index contributed by atoms with van der Waals surface area (Å²) in [6, 6.07) is 2.97. The smallest absolute Gasteiger partial charge is 0.410 e. The van der Waals surface area contributed by atoms with E-state index in [-0.39, 0.29) is 24.9 Å². The van der Waals surface area contributed by atoms with E-state index in [2.05, 4.69) is 10.3 Å². The summed E-state index contributed by atoms with van der Waals surface area (Å²) >= 11 is 0. The van der Waals surface area contributed by atoms with Gasteiger partial charge in [0.1, 0.15) is 22.8 Å². The van der Waals surface area contributed by atoms with E-state index >= 15 is 0 Å². The SMILES string of the molecule is Cc1nc(C(C)(C)NC(=O)[C@@H]2CN(C(=O)OC(C)(C)C)CCO2)n2cccc(F)c12. The number of amides is 2. The molecule has 9 heteroatoms. The molecule has 3 rings (SSSR count). The number of nitrogens with one attached hydrogen (secondary N) is 1. The van der Waals surface area contributed by atoms with Gasteiger partial charge in [0.15, 0.2) is 6.10 Å². The van der Waals surface area contributed by atoms with Crippen molar-refractivity contribution in [3.63, 3.8) is 0 Å². The fourth-order valence-electron chi connectivity index (χ4n) is 3.46. The van der Waals surface area contributed by atoms with E-state index < -0.39 is 23.3 Å². The highest BCUT2D eigenvalue weighted by molar-refractivity contribution is 5.82. The molecule has 1 aliphatic rings. The second-order valence-electron chi connectivity index (χ2n) is 9.00. The second-order valence-corrected chi connectivity index (χ2v) is 9.00. The lowest BCUT2D eigenvalue weighted by molar-refractivity contribution is -0.139. The van der Waals surface area contributed by atoms with E-state index in [9.17, 15) is 14.0 Å². The monoisotopic (exact) mass is 420 g/mol. The average Bonchev–Trinajstić information content (AvgIpc) is 2.99. The lowest BCUT2D eigenvalue weighted by Gasteiger charge is -2.35. The summed E-state index contributed by atoms with van der Waals surface area (Å²) < 4.78 is 26.8. The van der Waals surface area contributed by atoms with Crippen molar-refractivity contribution in [3.8, 4) is 0 Å². The van der Waals surface area contributed by atoms with Crippen molar-refractivity contribution in [1.29, 1.82) is 0 Å². The van der Waals surface area contributed by atoms with Gasteiger partial charge in [0.2, 0.25) is 0 Å². The molecule has 0 aromatic carbocycles. The molecule has 0 unspecified atom stereocenters. The fourth-order valence-corrected chi connectivity index (χ4v) is 3.46. The summed E-state index contributed by atoms with van der Waals surface area (Å²) in [5, 5.41) is 2.93. The van der Waals surface area contributed by atoms with E-state index in [0.29, 0.717) is 23.6 Å². The normalized spacial score (nSPS) is 17.8. The van der Waals surface area contributed by atoms with Crippen LogP contribution in [0.3, 0.4) is 0 Å². The molecule has 8 nitrogen and oxygen atoms in total. The zero-order valence-electron chi connectivity index (χ0n) is 18.3. The Kier molecular flexibility index (Phi) is 5.77. The molecule has 0 aliphatic carbocycles. The molecule has 1 fully saturated rings. The number of fused-ring (bicyclic) bond motifs is 1. The third kappa shape index (κ3) is 4.56. The number of hydrogen-bond acceptors (Lipinski definition) is 5. The first kappa shape index (κ1) is 22.0. The Morgan fingerprint density at radius 1 is 1.30 bits per heavy atom. The molecule has 0 spiro atoms. The second kappa shape index (κ2) is 7.86. The third-order valence-electron chi connectivity index (χ3n) is 4.79. The Labute approximate surface area is 175 Å². The van der Waals surface area contributed by atoms with Gasteiger partial charge in [-0.2, -0.15) is 0 Å². The number of aromatic nitrogens is 2. The van der Waals surface area contributed by atoms with Gasteiger partial charge in [-0.25, -0.2) is 14.2 Å². The van der Waals surface area contributed by atoms with Crippen molar-refractivity contribution in [2.45, 2.75) is 58.8 Å². The van der Waals surface area contributed by atoms with Crippen LogP contribution in [0.15, 0.2) is 18.3 Å². The van der Waals surface area contributed by atoms with Gasteiger partial charge < -0.3 is 19.7 Å². The summed E-state index contributed by atoms with van der Waals surface area (Å²) in [7, 11) is 0. The molecule has 1 saturated heterocycles. The Hall–Kier alpha value is -2.68. The topological polar surface area (TPSA) is 85.2 Å². The minimum Gasteiger partial charge on any atom is -0.444 e. The Morgan fingerprint density at radius 3 is 2.67 bits per heavy atom. The number of halogens is 1. The van der Waals surface area contributed by atoms with Gasteiger partial charge in [-0.05, 0) is 53.7 Å². The van der Waals surface area contributed by atoms with Crippen molar-refractivity contribution in [2.75, 3.05) is 19.7 Å². The van der Waals surface area contributed by atoms with Gasteiger partial charge in [0, 0.05) is 12.7 Å². The quantitative estimate of drug-likeness (QED) is 0.825. The first-order chi connectivity index (χ1) is 13.9. The van der Waals surface area contributed by atoms with Crippen LogP contribution in [0.2, 0.25) is 0 Å². The molecule has 1 atom stereocenters. The zero-order chi connectivity index (χ0) is 22.3. The van der Waals surface area contributed by atoms with Gasteiger partial charge in [-0.1, -0.05) is 0 Å². The van der Waals surface area contributed by atoms with Gasteiger partial charge in [-0.15, -0.1) is 0 Å². The van der Waals surface area contributed by atoms with Crippen LogP contribution in [0.1, 0.15) is 46.1 Å². The summed E-state index contributed by atoms with van der Waals surface area (Å²) in [5.41, 5.74) is -0.612. The summed E-state index contributed by atoms with van der Waals surface area (Å²) in [5.74, 6) is -0.249. The fraction of sp³-hybridized carbons (Fsp3) is 0.571. The zero-order valence-corrected chi connectivity index (χ0v) is 18.3. The summed E-state index contributed by atoms with van der Waals surface area (Å²) in [4.78, 5) is 31.2.